The van der Waals surface area contributed by atoms with Gasteiger partial charge in [0.05, 0.1) is 6.04 Å². The molecule has 0 unspecified atom stereocenters. The molecule has 0 bridgehead atoms. The van der Waals surface area contributed by atoms with Crippen molar-refractivity contribution in [1.82, 2.24) is 20.9 Å². The Morgan fingerprint density at radius 2 is 1.82 bits per heavy atom. The number of carboxylic acids is 1. The minimum Gasteiger partial charge on any atom is -0.480 e. The Kier molecular flexibility index (Phi) is 9.04. The molecule has 2 heterocycles. The summed E-state index contributed by atoms with van der Waals surface area (Å²) in [5.41, 5.74) is 0.906. The van der Waals surface area contributed by atoms with E-state index in [0.29, 0.717) is 32.2 Å². The number of hydrogen-bond donors (Lipinski definition) is 4. The van der Waals surface area contributed by atoms with Crippen LogP contribution in [0, 0.1) is 5.92 Å². The zero-order valence-corrected chi connectivity index (χ0v) is 20.0. The van der Waals surface area contributed by atoms with E-state index in [4.69, 9.17) is 0 Å². The first-order chi connectivity index (χ1) is 16.3. The molecule has 2 saturated heterocycles. The number of carboxylic acid groups (broad SMARTS) is 1. The smallest absolute Gasteiger partial charge is 0.326 e. The molecule has 4 N–H and O–H groups in total. The van der Waals surface area contributed by atoms with Gasteiger partial charge in [-0.05, 0) is 43.7 Å². The topological polar surface area (TPSA) is 128 Å². The Hall–Kier alpha value is -2.94. The highest BCUT2D eigenvalue weighted by molar-refractivity contribution is 5.94. The molecule has 0 aromatic heterocycles. The molecule has 0 saturated carbocycles. The molecule has 3 amide bonds. The van der Waals surface area contributed by atoms with Crippen LogP contribution in [0.15, 0.2) is 30.3 Å². The summed E-state index contributed by atoms with van der Waals surface area (Å²) in [6.07, 6.45) is 3.64. The van der Waals surface area contributed by atoms with Crippen LogP contribution in [0.4, 0.5) is 0 Å². The van der Waals surface area contributed by atoms with Crippen LogP contribution >= 0.6 is 0 Å². The van der Waals surface area contributed by atoms with Crippen molar-refractivity contribution in [3.63, 3.8) is 0 Å². The fraction of sp³-hybridized carbons (Fsp3) is 0.600. The molecule has 0 aliphatic carbocycles. The van der Waals surface area contributed by atoms with Gasteiger partial charge in [0, 0.05) is 13.0 Å². The van der Waals surface area contributed by atoms with E-state index < -0.39 is 30.0 Å². The van der Waals surface area contributed by atoms with E-state index >= 15 is 0 Å². The van der Waals surface area contributed by atoms with Crippen molar-refractivity contribution in [1.29, 1.82) is 0 Å². The lowest BCUT2D eigenvalue weighted by atomic mass is 9.98. The van der Waals surface area contributed by atoms with Gasteiger partial charge >= 0.3 is 5.97 Å². The van der Waals surface area contributed by atoms with E-state index in [0.717, 1.165) is 24.9 Å². The lowest BCUT2D eigenvalue weighted by Gasteiger charge is -2.30. The first kappa shape index (κ1) is 25.7. The molecule has 3 rings (SSSR count). The molecule has 2 fully saturated rings. The highest BCUT2D eigenvalue weighted by atomic mass is 16.4. The van der Waals surface area contributed by atoms with E-state index in [1.165, 1.54) is 4.90 Å². The van der Waals surface area contributed by atoms with Crippen LogP contribution in [0.3, 0.4) is 0 Å². The minimum absolute atomic E-state index is 0.213. The molecule has 2 aliphatic heterocycles. The Bertz CT molecular complexity index is 871. The largest absolute Gasteiger partial charge is 0.480 e. The van der Waals surface area contributed by atoms with Gasteiger partial charge in [0.25, 0.3) is 0 Å². The SMILES string of the molecule is CC[C@H](C)[C@H](NC(=O)[C@@H]1CCCN1C(=O)[C@H](Cc1ccccc1)NC(=O)[C@@H]1CCCN1)C(=O)O. The number of hydrogen-bond acceptors (Lipinski definition) is 5. The Morgan fingerprint density at radius 1 is 1.09 bits per heavy atom. The van der Waals surface area contributed by atoms with Crippen molar-refractivity contribution in [3.8, 4) is 0 Å². The van der Waals surface area contributed by atoms with Gasteiger partial charge in [-0.1, -0.05) is 50.6 Å². The molecule has 9 nitrogen and oxygen atoms in total. The quantitative estimate of drug-likeness (QED) is 0.403. The Labute approximate surface area is 200 Å². The summed E-state index contributed by atoms with van der Waals surface area (Å²) in [4.78, 5) is 52.7. The molecule has 1 aromatic carbocycles. The lowest BCUT2D eigenvalue weighted by molar-refractivity contribution is -0.146. The zero-order valence-electron chi connectivity index (χ0n) is 20.0. The van der Waals surface area contributed by atoms with Crippen molar-refractivity contribution in [2.75, 3.05) is 13.1 Å². The van der Waals surface area contributed by atoms with Gasteiger partial charge in [-0.2, -0.15) is 0 Å². The summed E-state index contributed by atoms with van der Waals surface area (Å²) in [5.74, 6) is -2.31. The maximum atomic E-state index is 13.6. The van der Waals surface area contributed by atoms with Crippen molar-refractivity contribution >= 4 is 23.7 Å². The van der Waals surface area contributed by atoms with E-state index in [1.807, 2.05) is 37.3 Å². The van der Waals surface area contributed by atoms with Gasteiger partial charge in [-0.25, -0.2) is 4.79 Å². The molecule has 1 aromatic rings. The zero-order chi connectivity index (χ0) is 24.7. The fourth-order valence-corrected chi connectivity index (χ4v) is 4.67. The number of amides is 3. The van der Waals surface area contributed by atoms with E-state index in [1.54, 1.807) is 6.92 Å². The van der Waals surface area contributed by atoms with Gasteiger partial charge in [-0.3, -0.25) is 14.4 Å². The molecule has 2 aliphatic rings. The molecule has 5 atom stereocenters. The molecular weight excluding hydrogens is 436 g/mol. The van der Waals surface area contributed by atoms with Crippen molar-refractivity contribution < 1.29 is 24.3 Å². The number of benzene rings is 1. The van der Waals surface area contributed by atoms with Gasteiger partial charge in [0.15, 0.2) is 0 Å². The predicted molar refractivity (Wildman–Crippen MR) is 127 cm³/mol. The monoisotopic (exact) mass is 472 g/mol. The molecule has 0 radical (unpaired) electrons. The third kappa shape index (κ3) is 6.34. The highest BCUT2D eigenvalue weighted by Crippen LogP contribution is 2.21. The number of likely N-dealkylation sites (tertiary alicyclic amines) is 1. The second-order valence-electron chi connectivity index (χ2n) is 9.30. The van der Waals surface area contributed by atoms with Crippen LogP contribution in [0.1, 0.15) is 51.5 Å². The number of carbonyl (C=O) groups excluding carboxylic acids is 3. The van der Waals surface area contributed by atoms with Crippen LogP contribution in [-0.4, -0.2) is 71.0 Å². The lowest BCUT2D eigenvalue weighted by Crippen LogP contribution is -2.57. The van der Waals surface area contributed by atoms with Gasteiger partial charge in [0.2, 0.25) is 17.7 Å². The molecule has 9 heteroatoms. The fourth-order valence-electron chi connectivity index (χ4n) is 4.67. The van der Waals surface area contributed by atoms with E-state index in [9.17, 15) is 24.3 Å². The number of carbonyl (C=O) groups is 4. The molecule has 186 valence electrons. The standard InChI is InChI=1S/C25H36N4O5/c1-3-16(2)21(25(33)34)28-23(31)20-12-8-14-29(20)24(32)19(15-17-9-5-4-6-10-17)27-22(30)18-11-7-13-26-18/h4-6,9-10,16,18-21,26H,3,7-8,11-15H2,1-2H3,(H,27,30)(H,28,31)(H,33,34)/t16-,18-,19-,20-,21-/m0/s1. The van der Waals surface area contributed by atoms with Crippen LogP contribution in [0.25, 0.3) is 0 Å². The normalized spacial score (nSPS) is 22.6. The summed E-state index contributed by atoms with van der Waals surface area (Å²) in [5, 5.41) is 18.3. The van der Waals surface area contributed by atoms with Crippen molar-refractivity contribution in [2.45, 2.75) is 76.5 Å². The number of aliphatic carboxylic acids is 1. The molecular formula is C25H36N4O5. The van der Waals surface area contributed by atoms with E-state index in [2.05, 4.69) is 16.0 Å². The Morgan fingerprint density at radius 3 is 2.44 bits per heavy atom. The highest BCUT2D eigenvalue weighted by Gasteiger charge is 2.40. The Balaban J connectivity index is 1.75. The number of nitrogens with zero attached hydrogens (tertiary/aromatic N) is 1. The summed E-state index contributed by atoms with van der Waals surface area (Å²) < 4.78 is 0. The average Bonchev–Trinajstić information content (AvgIpc) is 3.54. The summed E-state index contributed by atoms with van der Waals surface area (Å²) in [7, 11) is 0. The van der Waals surface area contributed by atoms with Crippen LogP contribution < -0.4 is 16.0 Å². The number of rotatable bonds is 10. The minimum atomic E-state index is -1.09. The first-order valence-corrected chi connectivity index (χ1v) is 12.2. The predicted octanol–water partition coefficient (Wildman–Crippen LogP) is 1.07. The third-order valence-electron chi connectivity index (χ3n) is 6.89. The third-order valence-corrected chi connectivity index (χ3v) is 6.89. The van der Waals surface area contributed by atoms with Gasteiger partial charge in [-0.15, -0.1) is 0 Å². The van der Waals surface area contributed by atoms with Gasteiger partial charge in [0.1, 0.15) is 18.1 Å². The maximum absolute atomic E-state index is 13.6. The van der Waals surface area contributed by atoms with Crippen molar-refractivity contribution in [3.05, 3.63) is 35.9 Å². The second kappa shape index (κ2) is 12.0. The van der Waals surface area contributed by atoms with Crippen LogP contribution in [-0.2, 0) is 25.6 Å². The number of nitrogens with one attached hydrogen (secondary N) is 3. The summed E-state index contributed by atoms with van der Waals surface area (Å²) >= 11 is 0. The summed E-state index contributed by atoms with van der Waals surface area (Å²) in [6, 6.07) is 6.55. The summed E-state index contributed by atoms with van der Waals surface area (Å²) in [6.45, 7) is 4.80. The molecule has 0 spiro atoms. The molecule has 34 heavy (non-hydrogen) atoms. The van der Waals surface area contributed by atoms with Crippen molar-refractivity contribution in [2.24, 2.45) is 5.92 Å². The van der Waals surface area contributed by atoms with Crippen LogP contribution in [0.2, 0.25) is 0 Å². The average molecular weight is 473 g/mol. The maximum Gasteiger partial charge on any atom is 0.326 e. The van der Waals surface area contributed by atoms with Gasteiger partial charge < -0.3 is 26.0 Å². The second-order valence-corrected chi connectivity index (χ2v) is 9.30. The van der Waals surface area contributed by atoms with Crippen LogP contribution in [0.5, 0.6) is 0 Å². The van der Waals surface area contributed by atoms with E-state index in [-0.39, 0.29) is 23.8 Å². The first-order valence-electron chi connectivity index (χ1n) is 12.2.